The Morgan fingerprint density at radius 3 is 2.39 bits per heavy atom. The number of phenolic OH excluding ortho intramolecular Hbond substituents is 1. The molecule has 15 heteroatoms. The van der Waals surface area contributed by atoms with Gasteiger partial charge in [0.25, 0.3) is 0 Å². The number of carbonyl (C=O) groups excluding carboxylic acids is 2. The number of fused-ring (bicyclic) bond motifs is 1. The summed E-state index contributed by atoms with van der Waals surface area (Å²) < 4.78 is 31.9. The third-order valence-electron chi connectivity index (χ3n) is 6.98. The molecule has 2 aromatic carbocycles. The number of Topliss-reactive ketones (excluding diaryl/α,β-unsaturated/α-hetero) is 2. The third kappa shape index (κ3) is 5.59. The maximum atomic E-state index is 12.8. The van der Waals surface area contributed by atoms with E-state index in [4.69, 9.17) is 28.4 Å². The van der Waals surface area contributed by atoms with Crippen LogP contribution in [0.5, 0.6) is 23.0 Å². The van der Waals surface area contributed by atoms with Crippen LogP contribution >= 0.6 is 0 Å². The lowest BCUT2D eigenvalue weighted by molar-refractivity contribution is -0.289. The third-order valence-corrected chi connectivity index (χ3v) is 6.98. The molecule has 0 saturated carbocycles. The minimum Gasteiger partial charge on any atom is -0.507 e. The fourth-order valence-corrected chi connectivity index (χ4v) is 4.48. The number of rotatable bonds is 9. The normalized spacial score (nSPS) is 32.6. The standard InChI is InChI=1S/C26H28O15/c27-8-26(35)9-37-25(23(26)34)36-7-17-20(31)21(32)22(33)24(41-17)40-12-2-3-13(14(28)6-12)19(30)18(29)11-1-4-15-16(5-11)39-10-38-15/h1-6,17,20-25,27-28,31-35H,7-10H2/t17-,20-,21+,22-,23+,24-,25-,26+/m1/s1. The van der Waals surface area contributed by atoms with E-state index in [9.17, 15) is 45.3 Å². The van der Waals surface area contributed by atoms with Gasteiger partial charge in [-0.2, -0.15) is 0 Å². The molecule has 222 valence electrons. The molecule has 3 heterocycles. The Bertz CT molecular complexity index is 1300. The fourth-order valence-electron chi connectivity index (χ4n) is 4.48. The van der Waals surface area contributed by atoms with Crippen LogP contribution in [0.15, 0.2) is 36.4 Å². The van der Waals surface area contributed by atoms with Crippen molar-refractivity contribution in [2.75, 3.05) is 26.6 Å². The SMILES string of the molecule is O=C(C(=O)c1ccc(O[C@@H]2O[C@H](CO[C@@H]3OC[C@@](O)(CO)[C@H]3O)[C@@H](O)[C@H](O)[C@H]2O)cc1O)c1ccc2c(c1)OCO2. The van der Waals surface area contributed by atoms with Crippen molar-refractivity contribution in [3.63, 3.8) is 0 Å². The first kappa shape index (κ1) is 29.1. The van der Waals surface area contributed by atoms with Crippen molar-refractivity contribution in [3.8, 4) is 23.0 Å². The molecule has 0 aliphatic carbocycles. The summed E-state index contributed by atoms with van der Waals surface area (Å²) in [6.45, 7) is -1.71. The Kier molecular flexibility index (Phi) is 8.15. The van der Waals surface area contributed by atoms with Gasteiger partial charge < -0.3 is 64.2 Å². The van der Waals surface area contributed by atoms with Crippen molar-refractivity contribution < 1.29 is 73.8 Å². The molecular weight excluding hydrogens is 552 g/mol. The van der Waals surface area contributed by atoms with Gasteiger partial charge >= 0.3 is 0 Å². The van der Waals surface area contributed by atoms with Crippen molar-refractivity contribution >= 4 is 11.6 Å². The van der Waals surface area contributed by atoms with Crippen molar-refractivity contribution in [1.82, 2.24) is 0 Å². The summed E-state index contributed by atoms with van der Waals surface area (Å²) >= 11 is 0. The number of aliphatic hydroxyl groups is 6. The Morgan fingerprint density at radius 1 is 0.927 bits per heavy atom. The van der Waals surface area contributed by atoms with Crippen LogP contribution in [0.3, 0.4) is 0 Å². The monoisotopic (exact) mass is 580 g/mol. The number of aromatic hydroxyl groups is 1. The van der Waals surface area contributed by atoms with Crippen molar-refractivity contribution in [1.29, 1.82) is 0 Å². The van der Waals surface area contributed by atoms with Gasteiger partial charge in [-0.3, -0.25) is 9.59 Å². The molecule has 2 fully saturated rings. The fraction of sp³-hybridized carbons (Fsp3) is 0.462. The zero-order valence-corrected chi connectivity index (χ0v) is 21.2. The summed E-state index contributed by atoms with van der Waals surface area (Å²) in [5.74, 6) is -1.93. The average Bonchev–Trinajstić information content (AvgIpc) is 3.56. The average molecular weight is 580 g/mol. The Labute approximate surface area is 231 Å². The van der Waals surface area contributed by atoms with Crippen LogP contribution in [0.1, 0.15) is 20.7 Å². The van der Waals surface area contributed by atoms with E-state index in [1.165, 1.54) is 24.3 Å². The van der Waals surface area contributed by atoms with Gasteiger partial charge in [0.05, 0.1) is 25.4 Å². The first-order valence-corrected chi connectivity index (χ1v) is 12.4. The lowest BCUT2D eigenvalue weighted by Gasteiger charge is -2.40. The molecule has 3 aliphatic heterocycles. The maximum absolute atomic E-state index is 12.8. The van der Waals surface area contributed by atoms with Gasteiger partial charge in [0.2, 0.25) is 24.6 Å². The summed E-state index contributed by atoms with van der Waals surface area (Å²) in [7, 11) is 0. The summed E-state index contributed by atoms with van der Waals surface area (Å²) in [6.07, 6.45) is -11.1. The molecule has 2 saturated heterocycles. The molecular formula is C26H28O15. The van der Waals surface area contributed by atoms with Crippen LogP contribution in [-0.2, 0) is 14.2 Å². The van der Waals surface area contributed by atoms with Crippen LogP contribution in [0.2, 0.25) is 0 Å². The van der Waals surface area contributed by atoms with Crippen LogP contribution in [0.4, 0.5) is 0 Å². The second-order valence-electron chi connectivity index (χ2n) is 9.76. The molecule has 41 heavy (non-hydrogen) atoms. The molecule has 5 rings (SSSR count). The molecule has 0 amide bonds. The molecule has 7 N–H and O–H groups in total. The molecule has 2 aromatic rings. The van der Waals surface area contributed by atoms with Gasteiger partial charge in [0.1, 0.15) is 47.6 Å². The molecule has 3 aliphatic rings. The highest BCUT2D eigenvalue weighted by Crippen LogP contribution is 2.34. The van der Waals surface area contributed by atoms with E-state index < -0.39 is 85.8 Å². The highest BCUT2D eigenvalue weighted by atomic mass is 16.7. The van der Waals surface area contributed by atoms with Gasteiger partial charge in [0, 0.05) is 11.6 Å². The zero-order valence-electron chi connectivity index (χ0n) is 21.2. The quantitative estimate of drug-likeness (QED) is 0.124. The summed E-state index contributed by atoms with van der Waals surface area (Å²) in [5, 5.41) is 70.9. The molecule has 0 unspecified atom stereocenters. The second kappa shape index (κ2) is 11.5. The molecule has 8 atom stereocenters. The number of aliphatic hydroxyl groups excluding tert-OH is 5. The molecule has 0 aromatic heterocycles. The number of ketones is 2. The maximum Gasteiger partial charge on any atom is 0.237 e. The highest BCUT2D eigenvalue weighted by Gasteiger charge is 2.50. The Hall–Kier alpha value is -3.38. The number of carbonyl (C=O) groups is 2. The van der Waals surface area contributed by atoms with E-state index in [1.54, 1.807) is 0 Å². The minimum absolute atomic E-state index is 0.0145. The van der Waals surface area contributed by atoms with Gasteiger partial charge in [-0.25, -0.2) is 0 Å². The van der Waals surface area contributed by atoms with E-state index in [-0.39, 0.29) is 23.7 Å². The lowest BCUT2D eigenvalue weighted by Crippen LogP contribution is -2.60. The summed E-state index contributed by atoms with van der Waals surface area (Å²) in [6, 6.07) is 7.56. The van der Waals surface area contributed by atoms with Crippen molar-refractivity contribution in [2.45, 2.75) is 48.7 Å². The van der Waals surface area contributed by atoms with E-state index >= 15 is 0 Å². The predicted octanol–water partition coefficient (Wildman–Crippen LogP) is -2.17. The summed E-state index contributed by atoms with van der Waals surface area (Å²) in [5.41, 5.74) is -2.25. The van der Waals surface area contributed by atoms with Gasteiger partial charge in [-0.05, 0) is 30.3 Å². The molecule has 15 nitrogen and oxygen atoms in total. The van der Waals surface area contributed by atoms with Gasteiger partial charge in [-0.1, -0.05) is 0 Å². The van der Waals surface area contributed by atoms with E-state index in [2.05, 4.69) is 0 Å². The smallest absolute Gasteiger partial charge is 0.237 e. The number of ether oxygens (including phenoxy) is 6. The topological polar surface area (TPSA) is 231 Å². The van der Waals surface area contributed by atoms with Gasteiger partial charge in [-0.15, -0.1) is 0 Å². The van der Waals surface area contributed by atoms with Crippen LogP contribution < -0.4 is 14.2 Å². The Balaban J connectivity index is 1.23. The second-order valence-corrected chi connectivity index (χ2v) is 9.76. The largest absolute Gasteiger partial charge is 0.507 e. The van der Waals surface area contributed by atoms with Crippen molar-refractivity contribution in [2.24, 2.45) is 0 Å². The van der Waals surface area contributed by atoms with Crippen LogP contribution in [-0.4, -0.2) is 123 Å². The number of benzene rings is 2. The predicted molar refractivity (Wildman–Crippen MR) is 130 cm³/mol. The van der Waals surface area contributed by atoms with Crippen molar-refractivity contribution in [3.05, 3.63) is 47.5 Å². The van der Waals surface area contributed by atoms with Gasteiger partial charge in [0.15, 0.2) is 17.8 Å². The Morgan fingerprint density at radius 2 is 1.68 bits per heavy atom. The van der Waals surface area contributed by atoms with E-state index in [0.717, 1.165) is 12.1 Å². The first-order valence-electron chi connectivity index (χ1n) is 12.4. The number of phenols is 1. The lowest BCUT2D eigenvalue weighted by atomic mass is 9.99. The zero-order chi connectivity index (χ0) is 29.5. The highest BCUT2D eigenvalue weighted by molar-refractivity contribution is 6.49. The molecule has 0 spiro atoms. The number of hydrogen-bond acceptors (Lipinski definition) is 15. The van der Waals surface area contributed by atoms with Crippen LogP contribution in [0.25, 0.3) is 0 Å². The minimum atomic E-state index is -1.94. The van der Waals surface area contributed by atoms with E-state index in [1.807, 2.05) is 0 Å². The van der Waals surface area contributed by atoms with Crippen LogP contribution in [0, 0.1) is 0 Å². The first-order chi connectivity index (χ1) is 19.5. The summed E-state index contributed by atoms with van der Waals surface area (Å²) in [4.78, 5) is 25.5. The molecule has 0 radical (unpaired) electrons. The number of hydrogen-bond donors (Lipinski definition) is 7. The van der Waals surface area contributed by atoms with E-state index in [0.29, 0.717) is 11.5 Å². The molecule has 0 bridgehead atoms.